The number of anilines is 2. The molecule has 1 unspecified atom stereocenters. The molecule has 0 bridgehead atoms. The van der Waals surface area contributed by atoms with Crippen LogP contribution in [0.3, 0.4) is 0 Å². The molecule has 0 saturated heterocycles. The van der Waals surface area contributed by atoms with Crippen molar-refractivity contribution in [3.63, 3.8) is 0 Å². The van der Waals surface area contributed by atoms with Crippen molar-refractivity contribution in [2.24, 2.45) is 0 Å². The number of likely N-dealkylation sites (N-methyl/N-ethyl adjacent to an activating group) is 1. The summed E-state index contributed by atoms with van der Waals surface area (Å²) in [6, 6.07) is 0. The molecule has 0 spiro atoms. The smallest absolute Gasteiger partial charge is 0.197 e. The molecule has 7 heteroatoms. The number of aliphatic hydroxyl groups excluding tert-OH is 1. The maximum Gasteiger partial charge on any atom is 0.197 e. The van der Waals surface area contributed by atoms with Crippen molar-refractivity contribution in [2.75, 3.05) is 45.1 Å². The van der Waals surface area contributed by atoms with Gasteiger partial charge in [-0.15, -0.1) is 0 Å². The molecule has 0 aromatic carbocycles. The number of aliphatic hydroxyl groups is 1. The van der Waals surface area contributed by atoms with E-state index < -0.39 is 6.10 Å². The molecule has 1 rings (SSSR count). The Labute approximate surface area is 98.7 Å². The van der Waals surface area contributed by atoms with Gasteiger partial charge in [0.1, 0.15) is 0 Å². The van der Waals surface area contributed by atoms with Gasteiger partial charge in [-0.1, -0.05) is 0 Å². The van der Waals surface area contributed by atoms with Crippen LogP contribution in [0.15, 0.2) is 0 Å². The van der Waals surface area contributed by atoms with Gasteiger partial charge in [-0.05, 0) is 11.5 Å². The quantitative estimate of drug-likeness (QED) is 0.746. The van der Waals surface area contributed by atoms with Crippen LogP contribution in [-0.2, 0) is 4.74 Å². The van der Waals surface area contributed by atoms with Crippen molar-refractivity contribution in [2.45, 2.75) is 6.10 Å². The first-order valence-corrected chi connectivity index (χ1v) is 5.54. The highest BCUT2D eigenvalue weighted by Gasteiger charge is 2.17. The highest BCUT2D eigenvalue weighted by molar-refractivity contribution is 7.11. The summed E-state index contributed by atoms with van der Waals surface area (Å²) in [5, 5.41) is 10.4. The zero-order valence-corrected chi connectivity index (χ0v) is 10.5. The van der Waals surface area contributed by atoms with Crippen molar-refractivity contribution in [1.82, 2.24) is 4.37 Å². The summed E-state index contributed by atoms with van der Waals surface area (Å²) in [5.41, 5.74) is 5.64. The minimum Gasteiger partial charge on any atom is -0.490 e. The predicted octanol–water partition coefficient (Wildman–Crippen LogP) is 0.177. The van der Waals surface area contributed by atoms with E-state index in [0.29, 0.717) is 24.7 Å². The van der Waals surface area contributed by atoms with Crippen LogP contribution in [0.2, 0.25) is 0 Å². The van der Waals surface area contributed by atoms with Crippen molar-refractivity contribution in [3.05, 3.63) is 0 Å². The molecule has 92 valence electrons. The molecule has 0 aliphatic rings. The lowest BCUT2D eigenvalue weighted by Crippen LogP contribution is -2.31. The minimum atomic E-state index is -0.553. The molecule has 0 amide bonds. The van der Waals surface area contributed by atoms with E-state index in [-0.39, 0.29) is 0 Å². The molecule has 1 atom stereocenters. The van der Waals surface area contributed by atoms with E-state index in [2.05, 4.69) is 4.37 Å². The fourth-order valence-corrected chi connectivity index (χ4v) is 2.12. The first kappa shape index (κ1) is 13.0. The third kappa shape index (κ3) is 2.97. The number of nitrogen functional groups attached to an aromatic ring is 1. The molecule has 1 aromatic rings. The van der Waals surface area contributed by atoms with Crippen LogP contribution in [-0.4, -0.2) is 50.0 Å². The van der Waals surface area contributed by atoms with E-state index in [1.54, 1.807) is 14.2 Å². The fraction of sp³-hybridized carbons (Fsp3) is 0.667. The van der Waals surface area contributed by atoms with E-state index in [4.69, 9.17) is 15.2 Å². The summed E-state index contributed by atoms with van der Waals surface area (Å²) in [4.78, 5) is 1.84. The first-order valence-electron chi connectivity index (χ1n) is 4.77. The third-order valence-corrected chi connectivity index (χ3v) is 3.01. The summed E-state index contributed by atoms with van der Waals surface area (Å²) in [7, 11) is 4.94. The van der Waals surface area contributed by atoms with Crippen LogP contribution < -0.4 is 15.4 Å². The van der Waals surface area contributed by atoms with Gasteiger partial charge in [0.25, 0.3) is 0 Å². The van der Waals surface area contributed by atoms with Crippen molar-refractivity contribution < 1.29 is 14.6 Å². The number of nitrogens with zero attached hydrogens (tertiary/aromatic N) is 2. The normalized spacial score (nSPS) is 12.5. The van der Waals surface area contributed by atoms with Crippen LogP contribution in [0.4, 0.5) is 10.8 Å². The summed E-state index contributed by atoms with van der Waals surface area (Å²) in [6.45, 7) is 0.729. The first-order chi connectivity index (χ1) is 7.60. The molecule has 6 nitrogen and oxygen atoms in total. The summed E-state index contributed by atoms with van der Waals surface area (Å²) < 4.78 is 14.0. The Morgan fingerprint density at radius 2 is 2.25 bits per heavy atom. The maximum atomic E-state index is 9.60. The Morgan fingerprint density at radius 1 is 1.56 bits per heavy atom. The van der Waals surface area contributed by atoms with E-state index in [1.807, 2.05) is 11.9 Å². The Morgan fingerprint density at radius 3 is 2.81 bits per heavy atom. The lowest BCUT2D eigenvalue weighted by molar-refractivity contribution is 0.0695. The molecular weight excluding hydrogens is 230 g/mol. The molecule has 3 N–H and O–H groups in total. The molecule has 0 saturated carbocycles. The summed E-state index contributed by atoms with van der Waals surface area (Å²) in [5.74, 6) is 0.924. The molecule has 16 heavy (non-hydrogen) atoms. The van der Waals surface area contributed by atoms with E-state index >= 15 is 0 Å². The van der Waals surface area contributed by atoms with Gasteiger partial charge < -0.3 is 25.2 Å². The number of methoxy groups -OCH3 is 2. The second-order valence-electron chi connectivity index (χ2n) is 3.40. The Hall–Kier alpha value is -1.05. The van der Waals surface area contributed by atoms with Crippen LogP contribution in [0.5, 0.6) is 5.75 Å². The zero-order chi connectivity index (χ0) is 12.1. The van der Waals surface area contributed by atoms with Crippen LogP contribution in [0, 0.1) is 0 Å². The SMILES string of the molecule is COCC(O)CN(C)c1snc(N)c1OC. The number of nitrogens with two attached hydrogens (primary N) is 1. The van der Waals surface area contributed by atoms with Crippen molar-refractivity contribution in [3.8, 4) is 5.75 Å². The Balaban J connectivity index is 2.68. The highest BCUT2D eigenvalue weighted by Crippen LogP contribution is 2.37. The van der Waals surface area contributed by atoms with E-state index in [0.717, 1.165) is 5.00 Å². The number of aromatic nitrogens is 1. The van der Waals surface area contributed by atoms with Gasteiger partial charge in [0, 0.05) is 20.7 Å². The standard InChI is InChI=1S/C9H17N3O3S/c1-12(4-6(13)5-14-2)9-7(15-3)8(10)11-16-9/h6,13H,4-5H2,1-3H3,(H2,10,11). The largest absolute Gasteiger partial charge is 0.490 e. The molecule has 0 aliphatic heterocycles. The van der Waals surface area contributed by atoms with Crippen LogP contribution in [0.25, 0.3) is 0 Å². The zero-order valence-electron chi connectivity index (χ0n) is 9.64. The fourth-order valence-electron chi connectivity index (χ4n) is 1.36. The van der Waals surface area contributed by atoms with Crippen LogP contribution in [0.1, 0.15) is 0 Å². The summed E-state index contributed by atoms with van der Waals surface area (Å²) in [6.07, 6.45) is -0.553. The number of hydrogen-bond donors (Lipinski definition) is 2. The van der Waals surface area contributed by atoms with Crippen molar-refractivity contribution >= 4 is 22.4 Å². The van der Waals surface area contributed by atoms with Gasteiger partial charge in [-0.3, -0.25) is 0 Å². The van der Waals surface area contributed by atoms with E-state index in [1.165, 1.54) is 11.5 Å². The third-order valence-electron chi connectivity index (χ3n) is 2.05. The molecule has 1 heterocycles. The van der Waals surface area contributed by atoms with Gasteiger partial charge in [0.05, 0.1) is 19.8 Å². The van der Waals surface area contributed by atoms with Crippen LogP contribution >= 0.6 is 11.5 Å². The molecule has 0 fully saturated rings. The monoisotopic (exact) mass is 247 g/mol. The average Bonchev–Trinajstić information content (AvgIpc) is 2.59. The molecule has 0 aliphatic carbocycles. The molecule has 0 radical (unpaired) electrons. The predicted molar refractivity (Wildman–Crippen MR) is 64.2 cm³/mol. The maximum absolute atomic E-state index is 9.60. The number of rotatable bonds is 6. The van der Waals surface area contributed by atoms with Gasteiger partial charge in [-0.25, -0.2) is 0 Å². The lowest BCUT2D eigenvalue weighted by Gasteiger charge is -2.21. The topological polar surface area (TPSA) is 80.8 Å². The highest BCUT2D eigenvalue weighted by atomic mass is 32.1. The number of ether oxygens (including phenoxy) is 2. The van der Waals surface area contributed by atoms with Gasteiger partial charge >= 0.3 is 0 Å². The lowest BCUT2D eigenvalue weighted by atomic mass is 10.3. The van der Waals surface area contributed by atoms with Gasteiger partial charge in [0.2, 0.25) is 0 Å². The average molecular weight is 247 g/mol. The van der Waals surface area contributed by atoms with Gasteiger partial charge in [0.15, 0.2) is 16.6 Å². The Bertz CT molecular complexity index is 332. The molecular formula is C9H17N3O3S. The second kappa shape index (κ2) is 5.88. The minimum absolute atomic E-state index is 0.293. The summed E-state index contributed by atoms with van der Waals surface area (Å²) >= 11 is 1.24. The van der Waals surface area contributed by atoms with E-state index in [9.17, 15) is 5.11 Å². The van der Waals surface area contributed by atoms with Gasteiger partial charge in [-0.2, -0.15) is 4.37 Å². The Kier molecular flexibility index (Phi) is 4.78. The molecule has 1 aromatic heterocycles. The van der Waals surface area contributed by atoms with Crippen molar-refractivity contribution in [1.29, 1.82) is 0 Å². The second-order valence-corrected chi connectivity index (χ2v) is 4.15. The number of hydrogen-bond acceptors (Lipinski definition) is 7.